The highest BCUT2D eigenvalue weighted by atomic mass is 14.6. The fraction of sp³-hybridized carbons (Fsp3) is 0.400. The molecule has 1 aliphatic rings. The van der Waals surface area contributed by atoms with E-state index in [0.717, 1.165) is 6.42 Å². The fourth-order valence-electron chi connectivity index (χ4n) is 1.20. The highest BCUT2D eigenvalue weighted by molar-refractivity contribution is 5.26. The molecule has 11 heavy (non-hydrogen) atoms. The van der Waals surface area contributed by atoms with Crippen molar-refractivity contribution in [2.24, 2.45) is 11.7 Å². The third kappa shape index (κ3) is 2.05. The van der Waals surface area contributed by atoms with Crippen LogP contribution >= 0.6 is 0 Å². The average molecular weight is 149 g/mol. The van der Waals surface area contributed by atoms with Crippen LogP contribution in [-0.4, -0.2) is 6.04 Å². The maximum absolute atomic E-state index is 5.68. The summed E-state index contributed by atoms with van der Waals surface area (Å²) in [5.74, 6) is 0.606. The van der Waals surface area contributed by atoms with Crippen LogP contribution < -0.4 is 5.73 Å². The molecule has 0 aromatic rings. The Kier molecular flexibility index (Phi) is 2.66. The monoisotopic (exact) mass is 149 g/mol. The predicted molar refractivity (Wildman–Crippen MR) is 49.2 cm³/mol. The molecule has 0 fully saturated rings. The molecule has 0 amide bonds. The molecule has 0 spiro atoms. The lowest BCUT2D eigenvalue weighted by atomic mass is 9.83. The van der Waals surface area contributed by atoms with Gasteiger partial charge >= 0.3 is 0 Å². The van der Waals surface area contributed by atoms with Crippen molar-refractivity contribution >= 4 is 0 Å². The lowest BCUT2D eigenvalue weighted by Crippen LogP contribution is -2.25. The molecule has 1 unspecified atom stereocenters. The summed E-state index contributed by atoms with van der Waals surface area (Å²) in [4.78, 5) is 0. The summed E-state index contributed by atoms with van der Waals surface area (Å²) in [7, 11) is 0. The summed E-state index contributed by atoms with van der Waals surface area (Å²) in [6, 6.07) is 0.239. The third-order valence-corrected chi connectivity index (χ3v) is 1.98. The van der Waals surface area contributed by atoms with Gasteiger partial charge in [-0.2, -0.15) is 0 Å². The Morgan fingerprint density at radius 2 is 2.45 bits per heavy atom. The van der Waals surface area contributed by atoms with E-state index in [1.54, 1.807) is 6.08 Å². The van der Waals surface area contributed by atoms with E-state index in [4.69, 9.17) is 5.73 Å². The zero-order valence-corrected chi connectivity index (χ0v) is 6.96. The first-order valence-corrected chi connectivity index (χ1v) is 3.99. The molecule has 2 N–H and O–H groups in total. The Morgan fingerprint density at radius 3 is 2.91 bits per heavy atom. The minimum absolute atomic E-state index is 0.239. The van der Waals surface area contributed by atoms with E-state index < -0.39 is 0 Å². The van der Waals surface area contributed by atoms with Gasteiger partial charge in [-0.25, -0.2) is 0 Å². The van der Waals surface area contributed by atoms with Crippen molar-refractivity contribution in [3.8, 4) is 0 Å². The zero-order valence-electron chi connectivity index (χ0n) is 6.96. The maximum atomic E-state index is 5.68. The second kappa shape index (κ2) is 3.54. The van der Waals surface area contributed by atoms with E-state index >= 15 is 0 Å². The predicted octanol–water partition coefficient (Wildman–Crippen LogP) is 2.02. The van der Waals surface area contributed by atoms with Gasteiger partial charge in [0.15, 0.2) is 0 Å². The van der Waals surface area contributed by atoms with Crippen molar-refractivity contribution in [2.75, 3.05) is 0 Å². The van der Waals surface area contributed by atoms with Crippen molar-refractivity contribution in [3.63, 3.8) is 0 Å². The smallest absolute Gasteiger partial charge is 0.0225 e. The van der Waals surface area contributed by atoms with E-state index in [9.17, 15) is 0 Å². The fourth-order valence-corrected chi connectivity index (χ4v) is 1.20. The zero-order chi connectivity index (χ0) is 8.27. The number of rotatable bonds is 3. The lowest BCUT2D eigenvalue weighted by Gasteiger charge is -2.25. The van der Waals surface area contributed by atoms with Crippen molar-refractivity contribution in [1.29, 1.82) is 0 Å². The van der Waals surface area contributed by atoms with E-state index in [0.29, 0.717) is 5.92 Å². The first kappa shape index (κ1) is 8.28. The molecule has 0 aromatic heterocycles. The van der Waals surface area contributed by atoms with E-state index in [-0.39, 0.29) is 6.04 Å². The summed E-state index contributed by atoms with van der Waals surface area (Å²) in [6.07, 6.45) is 9.29. The number of allylic oxidation sites excluding steroid dienone is 4. The molecule has 1 aliphatic carbocycles. The van der Waals surface area contributed by atoms with Crippen molar-refractivity contribution < 1.29 is 0 Å². The second-order valence-corrected chi connectivity index (χ2v) is 3.02. The van der Waals surface area contributed by atoms with Crippen LogP contribution in [0.15, 0.2) is 36.5 Å². The summed E-state index contributed by atoms with van der Waals surface area (Å²) < 4.78 is 0. The molecule has 0 aliphatic heterocycles. The van der Waals surface area contributed by atoms with Gasteiger partial charge in [0.05, 0.1) is 0 Å². The largest absolute Gasteiger partial charge is 0.324 e. The van der Waals surface area contributed by atoms with Crippen LogP contribution in [0.1, 0.15) is 13.3 Å². The van der Waals surface area contributed by atoms with Gasteiger partial charge in [-0.3, -0.25) is 0 Å². The first-order valence-electron chi connectivity index (χ1n) is 3.99. The van der Waals surface area contributed by atoms with Crippen molar-refractivity contribution in [1.82, 2.24) is 0 Å². The molecule has 0 heterocycles. The summed E-state index contributed by atoms with van der Waals surface area (Å²) >= 11 is 0. The van der Waals surface area contributed by atoms with Crippen LogP contribution in [0.5, 0.6) is 0 Å². The molecular formula is C10H15N. The minimum atomic E-state index is 0.239. The van der Waals surface area contributed by atoms with E-state index in [1.165, 1.54) is 5.57 Å². The molecule has 1 rings (SSSR count). The molecule has 1 heteroatoms. The van der Waals surface area contributed by atoms with Gasteiger partial charge in [-0.05, 0) is 19.3 Å². The Balaban J connectivity index is 2.38. The number of hydrogen-bond acceptors (Lipinski definition) is 1. The highest BCUT2D eigenvalue weighted by Crippen LogP contribution is 2.28. The minimum Gasteiger partial charge on any atom is -0.324 e. The topological polar surface area (TPSA) is 26.0 Å². The van der Waals surface area contributed by atoms with Crippen molar-refractivity contribution in [2.45, 2.75) is 19.4 Å². The van der Waals surface area contributed by atoms with Crippen molar-refractivity contribution in [3.05, 3.63) is 36.5 Å². The molecule has 0 saturated heterocycles. The second-order valence-electron chi connectivity index (χ2n) is 3.02. The van der Waals surface area contributed by atoms with Gasteiger partial charge in [-0.15, -0.1) is 0 Å². The SMILES string of the molecule is C=C/C=C\[C@H]1C=C(C(C)N)C1. The lowest BCUT2D eigenvalue weighted by molar-refractivity contribution is 0.634. The summed E-state index contributed by atoms with van der Waals surface area (Å²) in [5.41, 5.74) is 7.05. The van der Waals surface area contributed by atoms with Gasteiger partial charge < -0.3 is 5.73 Å². The van der Waals surface area contributed by atoms with Gasteiger partial charge in [0.1, 0.15) is 0 Å². The summed E-state index contributed by atoms with van der Waals surface area (Å²) in [5, 5.41) is 0. The number of nitrogens with two attached hydrogens (primary N) is 1. The molecule has 0 bridgehead atoms. The third-order valence-electron chi connectivity index (χ3n) is 1.98. The van der Waals surface area contributed by atoms with Crippen LogP contribution in [0.3, 0.4) is 0 Å². The highest BCUT2D eigenvalue weighted by Gasteiger charge is 2.18. The molecule has 2 atom stereocenters. The maximum Gasteiger partial charge on any atom is 0.0225 e. The Bertz CT molecular complexity index is 199. The Hall–Kier alpha value is -0.820. The van der Waals surface area contributed by atoms with Gasteiger partial charge in [0.25, 0.3) is 0 Å². The molecule has 0 radical (unpaired) electrons. The first-order chi connectivity index (χ1) is 5.24. The van der Waals surface area contributed by atoms with Crippen LogP contribution in [-0.2, 0) is 0 Å². The van der Waals surface area contributed by atoms with E-state index in [2.05, 4.69) is 18.7 Å². The molecule has 1 nitrogen and oxygen atoms in total. The van der Waals surface area contributed by atoms with Crippen LogP contribution in [0, 0.1) is 5.92 Å². The van der Waals surface area contributed by atoms with E-state index in [1.807, 2.05) is 13.0 Å². The molecular weight excluding hydrogens is 134 g/mol. The van der Waals surface area contributed by atoms with Gasteiger partial charge in [0.2, 0.25) is 0 Å². The molecule has 0 aromatic carbocycles. The van der Waals surface area contributed by atoms with Gasteiger partial charge in [-0.1, -0.05) is 36.5 Å². The Labute approximate surface area is 68.3 Å². The van der Waals surface area contributed by atoms with Crippen LogP contribution in [0.25, 0.3) is 0 Å². The van der Waals surface area contributed by atoms with Crippen LogP contribution in [0.4, 0.5) is 0 Å². The average Bonchev–Trinajstić information content (AvgIpc) is 1.84. The molecule has 60 valence electrons. The summed E-state index contributed by atoms with van der Waals surface area (Å²) in [6.45, 7) is 5.64. The molecule has 0 saturated carbocycles. The normalized spacial score (nSPS) is 26.0. The standard InChI is InChI=1S/C10H15N/c1-3-4-5-9-6-10(7-9)8(2)11/h3-6,8-9H,1,7,11H2,2H3/b5-4-/t8?,9-/m0/s1. The van der Waals surface area contributed by atoms with Crippen LogP contribution in [0.2, 0.25) is 0 Å². The van der Waals surface area contributed by atoms with Gasteiger partial charge in [0, 0.05) is 6.04 Å². The quantitative estimate of drug-likeness (QED) is 0.482. The Morgan fingerprint density at radius 1 is 1.82 bits per heavy atom. The number of hydrogen-bond donors (Lipinski definition) is 1.